The quantitative estimate of drug-likeness (QED) is 0.643. The van der Waals surface area contributed by atoms with Gasteiger partial charge in [0.05, 0.1) is 17.7 Å². The summed E-state index contributed by atoms with van der Waals surface area (Å²) >= 11 is 0. The highest BCUT2D eigenvalue weighted by atomic mass is 16.3. The van der Waals surface area contributed by atoms with Gasteiger partial charge in [0, 0.05) is 17.3 Å². The summed E-state index contributed by atoms with van der Waals surface area (Å²) in [6.07, 6.45) is 3.65. The second-order valence-corrected chi connectivity index (χ2v) is 7.61. The number of pyridine rings is 1. The molecule has 2 aromatic carbocycles. The number of hydrogen-bond acceptors (Lipinski definition) is 3. The van der Waals surface area contributed by atoms with Gasteiger partial charge in [0.15, 0.2) is 5.78 Å². The third-order valence-corrected chi connectivity index (χ3v) is 5.88. The predicted molar refractivity (Wildman–Crippen MR) is 111 cm³/mol. The van der Waals surface area contributed by atoms with E-state index in [2.05, 4.69) is 17.1 Å². The van der Waals surface area contributed by atoms with Gasteiger partial charge in [-0.25, -0.2) is 0 Å². The minimum Gasteiger partial charge on any atom is -0.392 e. The van der Waals surface area contributed by atoms with Gasteiger partial charge in [0.1, 0.15) is 0 Å². The molecular weight excluding hydrogens is 346 g/mol. The monoisotopic (exact) mass is 371 g/mol. The minimum absolute atomic E-state index is 0.0194. The summed E-state index contributed by atoms with van der Waals surface area (Å²) in [6, 6.07) is 21.7. The van der Waals surface area contributed by atoms with Crippen LogP contribution in [0.4, 0.5) is 0 Å². The number of nitrogens with zero attached hydrogens (tertiary/aromatic N) is 1. The largest absolute Gasteiger partial charge is 0.392 e. The molecule has 1 heterocycles. The predicted octanol–water partition coefficient (Wildman–Crippen LogP) is 5.18. The number of aromatic nitrogens is 1. The lowest BCUT2D eigenvalue weighted by Crippen LogP contribution is -2.37. The first kappa shape index (κ1) is 18.6. The molecule has 142 valence electrons. The van der Waals surface area contributed by atoms with Crippen LogP contribution in [0, 0.1) is 12.8 Å². The van der Waals surface area contributed by atoms with Gasteiger partial charge in [-0.05, 0) is 48.9 Å². The maximum absolute atomic E-state index is 13.5. The molecule has 0 saturated heterocycles. The maximum Gasteiger partial charge on any atom is 0.169 e. The molecule has 0 radical (unpaired) electrons. The van der Waals surface area contributed by atoms with Crippen molar-refractivity contribution in [3.05, 3.63) is 89.6 Å². The Hall–Kier alpha value is -2.78. The summed E-state index contributed by atoms with van der Waals surface area (Å²) in [4.78, 5) is 18.0. The number of aliphatic hydroxyl groups excluding tert-OH is 1. The van der Waals surface area contributed by atoms with Crippen LogP contribution in [0.25, 0.3) is 11.3 Å². The van der Waals surface area contributed by atoms with Crippen molar-refractivity contribution in [3.8, 4) is 11.3 Å². The fourth-order valence-corrected chi connectivity index (χ4v) is 4.49. The zero-order valence-electron chi connectivity index (χ0n) is 16.1. The molecule has 4 rings (SSSR count). The number of ketones is 1. The smallest absolute Gasteiger partial charge is 0.169 e. The van der Waals surface area contributed by atoms with Crippen molar-refractivity contribution in [1.82, 2.24) is 4.98 Å². The molecule has 0 unspecified atom stereocenters. The van der Waals surface area contributed by atoms with Crippen LogP contribution in [0.2, 0.25) is 0 Å². The molecule has 1 aliphatic rings. The zero-order chi connectivity index (χ0) is 19.5. The maximum atomic E-state index is 13.5. The third-order valence-electron chi connectivity index (χ3n) is 5.88. The first-order valence-electron chi connectivity index (χ1n) is 9.95. The summed E-state index contributed by atoms with van der Waals surface area (Å²) in [7, 11) is 0. The molecule has 28 heavy (non-hydrogen) atoms. The molecule has 1 fully saturated rings. The Kier molecular flexibility index (Phi) is 5.36. The first-order valence-corrected chi connectivity index (χ1v) is 9.95. The van der Waals surface area contributed by atoms with Crippen molar-refractivity contribution in [3.63, 3.8) is 0 Å². The van der Waals surface area contributed by atoms with E-state index in [9.17, 15) is 9.90 Å². The van der Waals surface area contributed by atoms with E-state index in [0.717, 1.165) is 35.2 Å². The summed E-state index contributed by atoms with van der Waals surface area (Å²) in [5, 5.41) is 10.8. The molecule has 1 aliphatic carbocycles. The van der Waals surface area contributed by atoms with E-state index < -0.39 is 12.0 Å². The Bertz CT molecular complexity index is 967. The van der Waals surface area contributed by atoms with Gasteiger partial charge in [-0.1, -0.05) is 61.0 Å². The number of aryl methyl sites for hydroxylation is 1. The number of benzene rings is 2. The van der Waals surface area contributed by atoms with Crippen molar-refractivity contribution in [2.45, 2.75) is 38.2 Å². The summed E-state index contributed by atoms with van der Waals surface area (Å²) in [5.74, 6) is -0.403. The highest BCUT2D eigenvalue weighted by Crippen LogP contribution is 2.43. The fourth-order valence-electron chi connectivity index (χ4n) is 4.49. The van der Waals surface area contributed by atoms with Gasteiger partial charge in [-0.3, -0.25) is 9.78 Å². The number of Topliss-reactive ketones (excluding diaryl/α,β-unsaturated/α-hetero) is 1. The molecular formula is C25H25NO2. The highest BCUT2D eigenvalue weighted by Gasteiger charge is 2.39. The lowest BCUT2D eigenvalue weighted by Gasteiger charge is -2.36. The van der Waals surface area contributed by atoms with E-state index in [4.69, 9.17) is 0 Å². The summed E-state index contributed by atoms with van der Waals surface area (Å²) < 4.78 is 0. The van der Waals surface area contributed by atoms with Gasteiger partial charge in [0.25, 0.3) is 0 Å². The molecule has 3 nitrogen and oxygen atoms in total. The Labute approximate surface area is 166 Å². The Morgan fingerprint density at radius 2 is 1.71 bits per heavy atom. The van der Waals surface area contributed by atoms with Crippen LogP contribution in [0.3, 0.4) is 0 Å². The average molecular weight is 371 g/mol. The molecule has 0 bridgehead atoms. The zero-order valence-corrected chi connectivity index (χ0v) is 16.1. The lowest BCUT2D eigenvalue weighted by atomic mass is 9.69. The van der Waals surface area contributed by atoms with Gasteiger partial charge in [-0.2, -0.15) is 0 Å². The van der Waals surface area contributed by atoms with Gasteiger partial charge >= 0.3 is 0 Å². The van der Waals surface area contributed by atoms with Gasteiger partial charge < -0.3 is 5.11 Å². The normalized spacial score (nSPS) is 22.0. The average Bonchev–Trinajstić information content (AvgIpc) is 2.74. The number of rotatable bonds is 4. The second kappa shape index (κ2) is 8.07. The molecule has 3 atom stereocenters. The SMILES string of the molecule is Cc1ccccc1C(=O)[C@@H]1[C@H](O)CCC[C@H]1c1ccccc1-c1ccccn1. The molecule has 3 heteroatoms. The van der Waals surface area contributed by atoms with Crippen molar-refractivity contribution < 1.29 is 9.90 Å². The van der Waals surface area contributed by atoms with Crippen LogP contribution >= 0.6 is 0 Å². The molecule has 0 aliphatic heterocycles. The molecule has 1 N–H and O–H groups in total. The standard InChI is InChI=1S/C25H25NO2/c1-17-9-2-3-10-18(17)25(28)24-21(13-8-15-23(24)27)19-11-4-5-12-20(19)22-14-6-7-16-26-22/h2-7,9-12,14,16,21,23-24,27H,8,13,15H2,1H3/t21-,23+,24-/m0/s1. The topological polar surface area (TPSA) is 50.2 Å². The van der Waals surface area contributed by atoms with E-state index in [0.29, 0.717) is 12.0 Å². The molecule has 1 saturated carbocycles. The van der Waals surface area contributed by atoms with Crippen molar-refractivity contribution in [2.75, 3.05) is 0 Å². The molecule has 1 aromatic heterocycles. The van der Waals surface area contributed by atoms with Crippen LogP contribution in [0.5, 0.6) is 0 Å². The van der Waals surface area contributed by atoms with Gasteiger partial charge in [0.2, 0.25) is 0 Å². The van der Waals surface area contributed by atoms with E-state index in [1.807, 2.05) is 61.5 Å². The number of carbonyl (C=O) groups is 1. The molecule has 0 spiro atoms. The van der Waals surface area contributed by atoms with E-state index in [1.165, 1.54) is 0 Å². The fraction of sp³-hybridized carbons (Fsp3) is 0.280. The third kappa shape index (κ3) is 3.50. The van der Waals surface area contributed by atoms with Crippen LogP contribution in [-0.4, -0.2) is 22.0 Å². The minimum atomic E-state index is -0.623. The summed E-state index contributed by atoms with van der Waals surface area (Å²) in [5.41, 5.74) is 4.73. The van der Waals surface area contributed by atoms with Gasteiger partial charge in [-0.15, -0.1) is 0 Å². The Morgan fingerprint density at radius 3 is 2.50 bits per heavy atom. The van der Waals surface area contributed by atoms with E-state index in [-0.39, 0.29) is 11.7 Å². The van der Waals surface area contributed by atoms with Crippen molar-refractivity contribution >= 4 is 5.78 Å². The molecule has 0 amide bonds. The van der Waals surface area contributed by atoms with Crippen LogP contribution in [0.15, 0.2) is 72.9 Å². The summed E-state index contributed by atoms with van der Waals surface area (Å²) in [6.45, 7) is 1.96. The second-order valence-electron chi connectivity index (χ2n) is 7.61. The van der Waals surface area contributed by atoms with E-state index in [1.54, 1.807) is 6.20 Å². The number of carbonyl (C=O) groups excluding carboxylic acids is 1. The first-order chi connectivity index (χ1) is 13.7. The van der Waals surface area contributed by atoms with E-state index >= 15 is 0 Å². The Balaban J connectivity index is 1.78. The highest BCUT2D eigenvalue weighted by molar-refractivity contribution is 6.00. The van der Waals surface area contributed by atoms with Crippen LogP contribution in [-0.2, 0) is 0 Å². The van der Waals surface area contributed by atoms with Crippen LogP contribution < -0.4 is 0 Å². The van der Waals surface area contributed by atoms with Crippen molar-refractivity contribution in [2.24, 2.45) is 5.92 Å². The Morgan fingerprint density at radius 1 is 0.964 bits per heavy atom. The lowest BCUT2D eigenvalue weighted by molar-refractivity contribution is 0.0446. The van der Waals surface area contributed by atoms with Crippen molar-refractivity contribution in [1.29, 1.82) is 0 Å². The number of aliphatic hydroxyl groups is 1. The molecule has 3 aromatic rings. The number of hydrogen-bond donors (Lipinski definition) is 1. The van der Waals surface area contributed by atoms with Crippen LogP contribution in [0.1, 0.15) is 46.7 Å².